The third-order valence-electron chi connectivity index (χ3n) is 2.57. The van der Waals surface area contributed by atoms with Crippen LogP contribution in [0, 0.1) is 5.82 Å². The predicted molar refractivity (Wildman–Crippen MR) is 72.1 cm³/mol. The summed E-state index contributed by atoms with van der Waals surface area (Å²) in [6, 6.07) is 4.51. The van der Waals surface area contributed by atoms with E-state index in [0.29, 0.717) is 10.2 Å². The Morgan fingerprint density at radius 2 is 2.17 bits per heavy atom. The number of hydrogen-bond donors (Lipinski definition) is 1. The fourth-order valence-electron chi connectivity index (χ4n) is 1.27. The Labute approximate surface area is 115 Å². The number of nitrogens with one attached hydrogen (secondary N) is 1. The fraction of sp³-hybridized carbons (Fsp3) is 0.462. The van der Waals surface area contributed by atoms with Gasteiger partial charge in [0.1, 0.15) is 11.6 Å². The summed E-state index contributed by atoms with van der Waals surface area (Å²) >= 11 is 3.06. The standard InChI is InChI=1S/C13H17BrFNO2/c1-4-8(2)16-13(17)9(3)18-10-5-6-11(14)12(15)7-10/h5-9H,4H2,1-3H3,(H,16,17). The van der Waals surface area contributed by atoms with Crippen molar-refractivity contribution in [2.24, 2.45) is 0 Å². The average molecular weight is 318 g/mol. The van der Waals surface area contributed by atoms with Crippen LogP contribution >= 0.6 is 15.9 Å². The van der Waals surface area contributed by atoms with E-state index in [9.17, 15) is 9.18 Å². The van der Waals surface area contributed by atoms with Gasteiger partial charge in [-0.25, -0.2) is 4.39 Å². The van der Waals surface area contributed by atoms with Gasteiger partial charge in [0.05, 0.1) is 4.47 Å². The third kappa shape index (κ3) is 4.29. The third-order valence-corrected chi connectivity index (χ3v) is 3.22. The molecule has 0 radical (unpaired) electrons. The van der Waals surface area contributed by atoms with Crippen molar-refractivity contribution in [3.63, 3.8) is 0 Å². The SMILES string of the molecule is CCC(C)NC(=O)C(C)Oc1ccc(Br)c(F)c1. The molecule has 3 nitrogen and oxygen atoms in total. The van der Waals surface area contributed by atoms with Crippen molar-refractivity contribution in [2.45, 2.75) is 39.3 Å². The first-order valence-electron chi connectivity index (χ1n) is 5.86. The molecule has 0 aliphatic carbocycles. The Morgan fingerprint density at radius 1 is 1.50 bits per heavy atom. The highest BCUT2D eigenvalue weighted by molar-refractivity contribution is 9.10. The van der Waals surface area contributed by atoms with E-state index in [-0.39, 0.29) is 11.9 Å². The van der Waals surface area contributed by atoms with Crippen LogP contribution in [0.2, 0.25) is 0 Å². The van der Waals surface area contributed by atoms with Crippen LogP contribution in [0.5, 0.6) is 5.75 Å². The van der Waals surface area contributed by atoms with Crippen LogP contribution < -0.4 is 10.1 Å². The topological polar surface area (TPSA) is 38.3 Å². The lowest BCUT2D eigenvalue weighted by atomic mass is 10.2. The monoisotopic (exact) mass is 317 g/mol. The highest BCUT2D eigenvalue weighted by Crippen LogP contribution is 2.21. The molecule has 0 heterocycles. The predicted octanol–water partition coefficient (Wildman–Crippen LogP) is 3.27. The minimum absolute atomic E-state index is 0.102. The average Bonchev–Trinajstić information content (AvgIpc) is 2.33. The first kappa shape index (κ1) is 15.0. The minimum Gasteiger partial charge on any atom is -0.481 e. The number of hydrogen-bond acceptors (Lipinski definition) is 2. The molecular weight excluding hydrogens is 301 g/mol. The zero-order chi connectivity index (χ0) is 13.7. The Kier molecular flexibility index (Phi) is 5.59. The lowest BCUT2D eigenvalue weighted by Gasteiger charge is -2.17. The Balaban J connectivity index is 2.60. The van der Waals surface area contributed by atoms with Crippen molar-refractivity contribution >= 4 is 21.8 Å². The number of rotatable bonds is 5. The number of halogens is 2. The fourth-order valence-corrected chi connectivity index (χ4v) is 1.52. The van der Waals surface area contributed by atoms with Crippen LogP contribution in [0.15, 0.2) is 22.7 Å². The number of ether oxygens (including phenoxy) is 1. The Bertz CT molecular complexity index is 425. The van der Waals surface area contributed by atoms with Gasteiger partial charge >= 0.3 is 0 Å². The van der Waals surface area contributed by atoms with Crippen molar-refractivity contribution in [2.75, 3.05) is 0 Å². The number of carbonyl (C=O) groups excluding carboxylic acids is 1. The number of carbonyl (C=O) groups is 1. The Hall–Kier alpha value is -1.10. The maximum absolute atomic E-state index is 13.3. The van der Waals surface area contributed by atoms with Gasteiger partial charge in [-0.2, -0.15) is 0 Å². The van der Waals surface area contributed by atoms with Gasteiger partial charge in [0.15, 0.2) is 6.10 Å². The Morgan fingerprint density at radius 3 is 2.72 bits per heavy atom. The van der Waals surface area contributed by atoms with Crippen molar-refractivity contribution in [3.8, 4) is 5.75 Å². The van der Waals surface area contributed by atoms with Crippen molar-refractivity contribution in [3.05, 3.63) is 28.5 Å². The molecule has 1 rings (SSSR count). The maximum Gasteiger partial charge on any atom is 0.260 e. The highest BCUT2D eigenvalue weighted by Gasteiger charge is 2.16. The summed E-state index contributed by atoms with van der Waals surface area (Å²) < 4.78 is 19.0. The van der Waals surface area contributed by atoms with Crippen LogP contribution in [0.1, 0.15) is 27.2 Å². The first-order chi connectivity index (χ1) is 8.43. The molecule has 0 fully saturated rings. The highest BCUT2D eigenvalue weighted by atomic mass is 79.9. The van der Waals surface area contributed by atoms with Crippen LogP contribution in [-0.2, 0) is 4.79 Å². The van der Waals surface area contributed by atoms with Gasteiger partial charge in [-0.05, 0) is 48.3 Å². The van der Waals surface area contributed by atoms with Gasteiger partial charge in [0.25, 0.3) is 5.91 Å². The molecule has 0 aromatic heterocycles. The van der Waals surface area contributed by atoms with Crippen molar-refractivity contribution < 1.29 is 13.9 Å². The summed E-state index contributed by atoms with van der Waals surface area (Å²) in [5.74, 6) is -0.280. The van der Waals surface area contributed by atoms with Gasteiger partial charge in [-0.1, -0.05) is 6.92 Å². The van der Waals surface area contributed by atoms with Crippen molar-refractivity contribution in [1.82, 2.24) is 5.32 Å². The largest absolute Gasteiger partial charge is 0.481 e. The smallest absolute Gasteiger partial charge is 0.260 e. The van der Waals surface area contributed by atoms with E-state index in [1.54, 1.807) is 19.1 Å². The van der Waals surface area contributed by atoms with Gasteiger partial charge in [-0.15, -0.1) is 0 Å². The summed E-state index contributed by atoms with van der Waals surface area (Å²) in [6.45, 7) is 5.54. The molecule has 2 atom stereocenters. The van der Waals surface area contributed by atoms with Gasteiger partial charge < -0.3 is 10.1 Å². The van der Waals surface area contributed by atoms with E-state index in [1.165, 1.54) is 6.07 Å². The lowest BCUT2D eigenvalue weighted by molar-refractivity contribution is -0.127. The van der Waals surface area contributed by atoms with E-state index < -0.39 is 11.9 Å². The quantitative estimate of drug-likeness (QED) is 0.905. The van der Waals surface area contributed by atoms with E-state index in [0.717, 1.165) is 6.42 Å². The second kappa shape index (κ2) is 6.73. The molecule has 100 valence electrons. The molecule has 1 amide bonds. The molecule has 0 bridgehead atoms. The first-order valence-corrected chi connectivity index (χ1v) is 6.65. The normalized spacial score (nSPS) is 13.8. The van der Waals surface area contributed by atoms with E-state index in [2.05, 4.69) is 21.2 Å². The van der Waals surface area contributed by atoms with Crippen LogP contribution in [0.3, 0.4) is 0 Å². The second-order valence-electron chi connectivity index (χ2n) is 4.15. The molecule has 2 unspecified atom stereocenters. The molecule has 0 spiro atoms. The van der Waals surface area contributed by atoms with Gasteiger partial charge in [0.2, 0.25) is 0 Å². The van der Waals surface area contributed by atoms with E-state index >= 15 is 0 Å². The summed E-state index contributed by atoms with van der Waals surface area (Å²) in [5, 5.41) is 2.81. The summed E-state index contributed by atoms with van der Waals surface area (Å²) in [4.78, 5) is 11.7. The summed E-state index contributed by atoms with van der Waals surface area (Å²) in [6.07, 6.45) is 0.199. The van der Waals surface area contributed by atoms with E-state index in [1.807, 2.05) is 13.8 Å². The molecule has 1 N–H and O–H groups in total. The molecule has 0 saturated heterocycles. The zero-order valence-electron chi connectivity index (χ0n) is 10.7. The zero-order valence-corrected chi connectivity index (χ0v) is 12.3. The second-order valence-corrected chi connectivity index (χ2v) is 5.01. The molecule has 0 aliphatic heterocycles. The van der Waals surface area contributed by atoms with Crippen LogP contribution in [0.25, 0.3) is 0 Å². The molecular formula is C13H17BrFNO2. The maximum atomic E-state index is 13.3. The molecule has 1 aromatic carbocycles. The molecule has 18 heavy (non-hydrogen) atoms. The van der Waals surface area contributed by atoms with Crippen molar-refractivity contribution in [1.29, 1.82) is 0 Å². The number of amides is 1. The molecule has 1 aromatic rings. The van der Waals surface area contributed by atoms with Gasteiger partial charge in [-0.3, -0.25) is 4.79 Å². The number of benzene rings is 1. The van der Waals surface area contributed by atoms with E-state index in [4.69, 9.17) is 4.74 Å². The molecule has 5 heteroatoms. The molecule has 0 saturated carbocycles. The van der Waals surface area contributed by atoms with Crippen LogP contribution in [0.4, 0.5) is 4.39 Å². The molecule has 0 aliphatic rings. The lowest BCUT2D eigenvalue weighted by Crippen LogP contribution is -2.40. The van der Waals surface area contributed by atoms with Crippen LogP contribution in [-0.4, -0.2) is 18.1 Å². The summed E-state index contributed by atoms with van der Waals surface area (Å²) in [7, 11) is 0. The van der Waals surface area contributed by atoms with Gasteiger partial charge in [0, 0.05) is 12.1 Å². The minimum atomic E-state index is -0.653. The summed E-state index contributed by atoms with van der Waals surface area (Å²) in [5.41, 5.74) is 0.